The Morgan fingerprint density at radius 3 is 2.65 bits per heavy atom. The Morgan fingerprint density at radius 2 is 1.87 bits per heavy atom. The summed E-state index contributed by atoms with van der Waals surface area (Å²) in [7, 11) is 0. The van der Waals surface area contributed by atoms with E-state index in [1.54, 1.807) is 19.2 Å². The van der Waals surface area contributed by atoms with Crippen LogP contribution < -0.4 is 10.3 Å². The van der Waals surface area contributed by atoms with E-state index in [0.29, 0.717) is 23.3 Å². The average Bonchev–Trinajstić information content (AvgIpc) is 2.72. The number of rotatable bonds is 4. The fourth-order valence-electron chi connectivity index (χ4n) is 3.34. The van der Waals surface area contributed by atoms with Crippen LogP contribution in [0.25, 0.3) is 21.7 Å². The molecule has 3 aromatic carbocycles. The van der Waals surface area contributed by atoms with Crippen molar-refractivity contribution < 1.29 is 4.74 Å². The van der Waals surface area contributed by atoms with E-state index in [2.05, 4.69) is 46.8 Å². The molecular weight excluding hydrogens is 454 g/mol. The van der Waals surface area contributed by atoms with Crippen molar-refractivity contribution in [3.05, 3.63) is 80.8 Å². The first kappa shape index (κ1) is 21.2. The zero-order chi connectivity index (χ0) is 22.2. The molecule has 158 valence electrons. The van der Waals surface area contributed by atoms with Crippen LogP contribution >= 0.6 is 15.9 Å². The van der Waals surface area contributed by atoms with Crippen LogP contribution in [0.3, 0.4) is 0 Å². The third kappa shape index (κ3) is 4.54. The summed E-state index contributed by atoms with van der Waals surface area (Å²) in [6, 6.07) is 17.5. The summed E-state index contributed by atoms with van der Waals surface area (Å²) in [6.07, 6.45) is 1.69. The fourth-order valence-corrected chi connectivity index (χ4v) is 3.70. The predicted molar refractivity (Wildman–Crippen MR) is 130 cm³/mol. The van der Waals surface area contributed by atoms with Crippen molar-refractivity contribution in [2.24, 2.45) is 10.5 Å². The monoisotopic (exact) mass is 477 g/mol. The lowest BCUT2D eigenvalue weighted by atomic mass is 9.98. The van der Waals surface area contributed by atoms with Gasteiger partial charge in [-0.2, -0.15) is 9.78 Å². The molecule has 0 fully saturated rings. The molecule has 0 bridgehead atoms. The standard InChI is InChI=1S/C25H24BrN3O2/c1-16-28-22-11-10-18(26)13-20(22)24(30)29(16)27-14-21-19-8-6-5-7-17(19)9-12-23(21)31-15-25(2,3)4/h5-14H,15H2,1-4H3. The highest BCUT2D eigenvalue weighted by Gasteiger charge is 2.14. The number of fused-ring (bicyclic) bond motifs is 2. The molecule has 31 heavy (non-hydrogen) atoms. The van der Waals surface area contributed by atoms with Crippen molar-refractivity contribution in [1.29, 1.82) is 0 Å². The van der Waals surface area contributed by atoms with E-state index in [9.17, 15) is 4.79 Å². The number of aryl methyl sites for hydroxylation is 1. The molecule has 0 spiro atoms. The molecule has 0 saturated heterocycles. The van der Waals surface area contributed by atoms with Crippen LogP contribution in [0.2, 0.25) is 0 Å². The lowest BCUT2D eigenvalue weighted by molar-refractivity contribution is 0.198. The summed E-state index contributed by atoms with van der Waals surface area (Å²) in [5.41, 5.74) is 1.29. The largest absolute Gasteiger partial charge is 0.492 e. The highest BCUT2D eigenvalue weighted by molar-refractivity contribution is 9.10. The van der Waals surface area contributed by atoms with Gasteiger partial charge in [-0.3, -0.25) is 4.79 Å². The molecular formula is C25H24BrN3O2. The minimum absolute atomic E-state index is 0.0171. The zero-order valence-corrected chi connectivity index (χ0v) is 19.6. The Morgan fingerprint density at radius 1 is 1.10 bits per heavy atom. The molecule has 0 atom stereocenters. The number of hydrogen-bond donors (Lipinski definition) is 0. The summed E-state index contributed by atoms with van der Waals surface area (Å²) < 4.78 is 8.31. The third-order valence-electron chi connectivity index (χ3n) is 4.86. The third-order valence-corrected chi connectivity index (χ3v) is 5.36. The highest BCUT2D eigenvalue weighted by Crippen LogP contribution is 2.28. The molecule has 1 heterocycles. The molecule has 0 amide bonds. The Labute approximate surface area is 189 Å². The van der Waals surface area contributed by atoms with Gasteiger partial charge in [-0.25, -0.2) is 4.98 Å². The average molecular weight is 478 g/mol. The van der Waals surface area contributed by atoms with Gasteiger partial charge in [-0.05, 0) is 47.4 Å². The molecule has 6 heteroatoms. The molecule has 0 unspecified atom stereocenters. The van der Waals surface area contributed by atoms with Gasteiger partial charge in [0.2, 0.25) is 0 Å². The van der Waals surface area contributed by atoms with Crippen LogP contribution in [-0.2, 0) is 0 Å². The number of aromatic nitrogens is 2. The molecule has 0 N–H and O–H groups in total. The molecule has 0 aliphatic rings. The summed E-state index contributed by atoms with van der Waals surface area (Å²) in [6.45, 7) is 8.73. The van der Waals surface area contributed by atoms with E-state index in [1.807, 2.05) is 48.5 Å². The Kier molecular flexibility index (Phi) is 5.67. The van der Waals surface area contributed by atoms with Crippen molar-refractivity contribution in [3.63, 3.8) is 0 Å². The Hall–Kier alpha value is -2.99. The molecule has 5 nitrogen and oxygen atoms in total. The van der Waals surface area contributed by atoms with Gasteiger partial charge in [0, 0.05) is 10.0 Å². The first-order valence-corrected chi connectivity index (χ1v) is 10.9. The number of ether oxygens (including phenoxy) is 1. The molecule has 1 aromatic heterocycles. The molecule has 4 rings (SSSR count). The maximum absolute atomic E-state index is 13.1. The van der Waals surface area contributed by atoms with Crippen LogP contribution in [0.15, 0.2) is 69.0 Å². The minimum atomic E-state index is -0.211. The van der Waals surface area contributed by atoms with Crippen LogP contribution in [0, 0.1) is 12.3 Å². The summed E-state index contributed by atoms with van der Waals surface area (Å²) in [5.74, 6) is 1.26. The lowest BCUT2D eigenvalue weighted by Gasteiger charge is -2.20. The van der Waals surface area contributed by atoms with Gasteiger partial charge >= 0.3 is 0 Å². The Balaban J connectivity index is 1.85. The van der Waals surface area contributed by atoms with Crippen molar-refractivity contribution in [2.75, 3.05) is 6.61 Å². The topological polar surface area (TPSA) is 56.5 Å². The number of hydrogen-bond acceptors (Lipinski definition) is 4. The molecule has 0 radical (unpaired) electrons. The predicted octanol–water partition coefficient (Wildman–Crippen LogP) is 5.93. The van der Waals surface area contributed by atoms with E-state index in [4.69, 9.17) is 4.74 Å². The van der Waals surface area contributed by atoms with Crippen molar-refractivity contribution in [1.82, 2.24) is 9.66 Å². The van der Waals surface area contributed by atoms with Gasteiger partial charge in [0.15, 0.2) is 0 Å². The smallest absolute Gasteiger partial charge is 0.282 e. The van der Waals surface area contributed by atoms with Gasteiger partial charge < -0.3 is 4.74 Å². The first-order chi connectivity index (χ1) is 14.7. The van der Waals surface area contributed by atoms with E-state index >= 15 is 0 Å². The van der Waals surface area contributed by atoms with E-state index < -0.39 is 0 Å². The van der Waals surface area contributed by atoms with Crippen molar-refractivity contribution in [3.8, 4) is 5.75 Å². The molecule has 0 aliphatic carbocycles. The Bertz CT molecular complexity index is 1370. The SMILES string of the molecule is Cc1nc2ccc(Br)cc2c(=O)n1N=Cc1c(OCC(C)(C)C)ccc2ccccc12. The van der Waals surface area contributed by atoms with Crippen LogP contribution in [0.5, 0.6) is 5.75 Å². The normalized spacial score (nSPS) is 12.2. The molecule has 0 aliphatic heterocycles. The maximum Gasteiger partial charge on any atom is 0.282 e. The second-order valence-electron chi connectivity index (χ2n) is 8.73. The number of benzene rings is 3. The van der Waals surface area contributed by atoms with Gasteiger partial charge in [0.1, 0.15) is 11.6 Å². The quantitative estimate of drug-likeness (QED) is 0.342. The fraction of sp³-hybridized carbons (Fsp3) is 0.240. The van der Waals surface area contributed by atoms with Crippen molar-refractivity contribution in [2.45, 2.75) is 27.7 Å². The maximum atomic E-state index is 13.1. The number of halogens is 1. The second kappa shape index (κ2) is 8.27. The van der Waals surface area contributed by atoms with E-state index in [1.165, 1.54) is 4.68 Å². The molecule has 0 saturated carbocycles. The molecule has 4 aromatic rings. The van der Waals surface area contributed by atoms with Crippen LogP contribution in [0.4, 0.5) is 0 Å². The first-order valence-electron chi connectivity index (χ1n) is 10.1. The van der Waals surface area contributed by atoms with Crippen LogP contribution in [-0.4, -0.2) is 22.5 Å². The van der Waals surface area contributed by atoms with Gasteiger partial charge in [-0.1, -0.05) is 67.0 Å². The number of nitrogens with zero attached hydrogens (tertiary/aromatic N) is 3. The van der Waals surface area contributed by atoms with Gasteiger partial charge in [0.25, 0.3) is 5.56 Å². The second-order valence-corrected chi connectivity index (χ2v) is 9.65. The minimum Gasteiger partial charge on any atom is -0.492 e. The summed E-state index contributed by atoms with van der Waals surface area (Å²) in [4.78, 5) is 17.6. The van der Waals surface area contributed by atoms with Gasteiger partial charge in [0.05, 0.1) is 23.7 Å². The van der Waals surface area contributed by atoms with E-state index in [0.717, 1.165) is 26.6 Å². The summed E-state index contributed by atoms with van der Waals surface area (Å²) >= 11 is 3.42. The van der Waals surface area contributed by atoms with Crippen LogP contribution in [0.1, 0.15) is 32.2 Å². The van der Waals surface area contributed by atoms with E-state index in [-0.39, 0.29) is 11.0 Å². The zero-order valence-electron chi connectivity index (χ0n) is 18.0. The lowest BCUT2D eigenvalue weighted by Crippen LogP contribution is -2.21. The van der Waals surface area contributed by atoms with Crippen molar-refractivity contribution >= 4 is 43.8 Å². The van der Waals surface area contributed by atoms with Gasteiger partial charge in [-0.15, -0.1) is 0 Å². The highest BCUT2D eigenvalue weighted by atomic mass is 79.9. The summed E-state index contributed by atoms with van der Waals surface area (Å²) in [5, 5.41) is 7.14.